The molecule has 0 radical (unpaired) electrons. The average molecular weight is 421 g/mol. The SMILES string of the molecule is CCCCCc1cnc(-c2ccc(C(=O)Oc3ccc(CCCC)cc3F)cc2)cn1. The Morgan fingerprint density at radius 2 is 1.68 bits per heavy atom. The predicted octanol–water partition coefficient (Wildman–Crippen LogP) is 6.58. The summed E-state index contributed by atoms with van der Waals surface area (Å²) in [5.41, 5.74) is 3.84. The molecule has 3 aromatic rings. The van der Waals surface area contributed by atoms with Crippen molar-refractivity contribution in [3.63, 3.8) is 0 Å². The molecule has 0 saturated heterocycles. The van der Waals surface area contributed by atoms with Crippen molar-refractivity contribution < 1.29 is 13.9 Å². The zero-order chi connectivity index (χ0) is 22.1. The fourth-order valence-corrected chi connectivity index (χ4v) is 3.29. The number of ether oxygens (including phenoxy) is 1. The number of carbonyl (C=O) groups is 1. The molecule has 3 rings (SSSR count). The fraction of sp³-hybridized carbons (Fsp3) is 0.346. The minimum Gasteiger partial charge on any atom is -0.420 e. The number of hydrogen-bond donors (Lipinski definition) is 0. The first-order valence-electron chi connectivity index (χ1n) is 11.0. The molecule has 162 valence electrons. The smallest absolute Gasteiger partial charge is 0.343 e. The van der Waals surface area contributed by atoms with E-state index in [9.17, 15) is 9.18 Å². The summed E-state index contributed by atoms with van der Waals surface area (Å²) in [5.74, 6) is -1.17. The Morgan fingerprint density at radius 1 is 0.903 bits per heavy atom. The lowest BCUT2D eigenvalue weighted by atomic mass is 10.1. The summed E-state index contributed by atoms with van der Waals surface area (Å²) in [7, 11) is 0. The third-order valence-electron chi connectivity index (χ3n) is 5.18. The lowest BCUT2D eigenvalue weighted by Gasteiger charge is -2.08. The molecule has 4 nitrogen and oxygen atoms in total. The Hall–Kier alpha value is -3.08. The highest BCUT2D eigenvalue weighted by atomic mass is 19.1. The molecular formula is C26H29FN2O2. The summed E-state index contributed by atoms with van der Waals surface area (Å²) in [6.45, 7) is 4.27. The van der Waals surface area contributed by atoms with Crippen LogP contribution in [-0.4, -0.2) is 15.9 Å². The summed E-state index contributed by atoms with van der Waals surface area (Å²) >= 11 is 0. The molecule has 1 heterocycles. The predicted molar refractivity (Wildman–Crippen MR) is 121 cm³/mol. The highest BCUT2D eigenvalue weighted by Gasteiger charge is 2.13. The van der Waals surface area contributed by atoms with Crippen LogP contribution in [0.5, 0.6) is 5.75 Å². The van der Waals surface area contributed by atoms with E-state index in [1.165, 1.54) is 25.0 Å². The van der Waals surface area contributed by atoms with Gasteiger partial charge >= 0.3 is 5.97 Å². The van der Waals surface area contributed by atoms with Crippen molar-refractivity contribution in [3.05, 3.63) is 77.5 Å². The van der Waals surface area contributed by atoms with Gasteiger partial charge in [-0.3, -0.25) is 9.97 Å². The zero-order valence-electron chi connectivity index (χ0n) is 18.2. The van der Waals surface area contributed by atoms with Gasteiger partial charge in [-0.15, -0.1) is 0 Å². The molecule has 31 heavy (non-hydrogen) atoms. The number of benzene rings is 2. The third-order valence-corrected chi connectivity index (χ3v) is 5.18. The van der Waals surface area contributed by atoms with Crippen molar-refractivity contribution in [1.29, 1.82) is 0 Å². The molecule has 2 aromatic carbocycles. The first-order valence-corrected chi connectivity index (χ1v) is 11.0. The maximum Gasteiger partial charge on any atom is 0.343 e. The quantitative estimate of drug-likeness (QED) is 0.211. The van der Waals surface area contributed by atoms with Gasteiger partial charge in [0.2, 0.25) is 0 Å². The molecule has 0 fully saturated rings. The number of aryl methyl sites for hydroxylation is 2. The topological polar surface area (TPSA) is 52.1 Å². The summed E-state index contributed by atoms with van der Waals surface area (Å²) in [4.78, 5) is 21.4. The van der Waals surface area contributed by atoms with Crippen LogP contribution >= 0.6 is 0 Å². The van der Waals surface area contributed by atoms with Gasteiger partial charge in [0, 0.05) is 11.8 Å². The van der Waals surface area contributed by atoms with Gasteiger partial charge in [0.15, 0.2) is 11.6 Å². The molecule has 0 aliphatic rings. The minimum atomic E-state index is -0.593. The van der Waals surface area contributed by atoms with Crippen molar-refractivity contribution in [2.24, 2.45) is 0 Å². The van der Waals surface area contributed by atoms with Gasteiger partial charge < -0.3 is 4.74 Å². The van der Waals surface area contributed by atoms with Gasteiger partial charge in [-0.25, -0.2) is 9.18 Å². The van der Waals surface area contributed by atoms with Gasteiger partial charge in [0.05, 0.1) is 23.1 Å². The monoisotopic (exact) mass is 420 g/mol. The molecule has 0 saturated carbocycles. The van der Waals surface area contributed by atoms with E-state index in [2.05, 4.69) is 23.8 Å². The minimum absolute atomic E-state index is 0.0566. The molecule has 0 spiro atoms. The van der Waals surface area contributed by atoms with Crippen LogP contribution in [0.25, 0.3) is 11.3 Å². The van der Waals surface area contributed by atoms with Crippen molar-refractivity contribution in [1.82, 2.24) is 9.97 Å². The summed E-state index contributed by atoms with van der Waals surface area (Å²) in [6.07, 6.45) is 10.8. The molecule has 1 aromatic heterocycles. The number of halogens is 1. The lowest BCUT2D eigenvalue weighted by Crippen LogP contribution is -2.09. The maximum absolute atomic E-state index is 14.3. The Morgan fingerprint density at radius 3 is 2.32 bits per heavy atom. The van der Waals surface area contributed by atoms with E-state index in [1.54, 1.807) is 42.7 Å². The standard InChI is InChI=1S/C26H29FN2O2/c1-3-5-7-9-22-17-29-24(18-28-22)20-11-13-21(14-12-20)26(30)31-25-15-10-19(8-6-4-2)16-23(25)27/h10-18H,3-9H2,1-2H3. The van der Waals surface area contributed by atoms with Gasteiger partial charge in [0.25, 0.3) is 0 Å². The van der Waals surface area contributed by atoms with E-state index in [-0.39, 0.29) is 5.75 Å². The molecule has 0 aliphatic carbocycles. The highest BCUT2D eigenvalue weighted by molar-refractivity contribution is 5.91. The summed E-state index contributed by atoms with van der Waals surface area (Å²) in [6, 6.07) is 11.7. The Balaban J connectivity index is 1.62. The number of nitrogens with zero attached hydrogens (tertiary/aromatic N) is 2. The van der Waals surface area contributed by atoms with Gasteiger partial charge in [-0.05, 0) is 55.5 Å². The Kier molecular flexibility index (Phi) is 8.27. The van der Waals surface area contributed by atoms with Gasteiger partial charge in [-0.1, -0.05) is 51.3 Å². The first-order chi connectivity index (χ1) is 15.1. The number of unbranched alkanes of at least 4 members (excludes halogenated alkanes) is 3. The van der Waals surface area contributed by atoms with E-state index in [0.717, 1.165) is 54.6 Å². The van der Waals surface area contributed by atoms with Crippen LogP contribution < -0.4 is 4.74 Å². The Labute approximate surface area is 183 Å². The van der Waals surface area contributed by atoms with Crippen molar-refractivity contribution >= 4 is 5.97 Å². The largest absolute Gasteiger partial charge is 0.420 e. The summed E-state index contributed by atoms with van der Waals surface area (Å²) in [5, 5.41) is 0. The van der Waals surface area contributed by atoms with E-state index in [1.807, 2.05) is 0 Å². The van der Waals surface area contributed by atoms with Crippen molar-refractivity contribution in [3.8, 4) is 17.0 Å². The number of hydrogen-bond acceptors (Lipinski definition) is 4. The van der Waals surface area contributed by atoms with Crippen LogP contribution in [-0.2, 0) is 12.8 Å². The second-order valence-corrected chi connectivity index (χ2v) is 7.69. The van der Waals surface area contributed by atoms with Gasteiger partial charge in [0.1, 0.15) is 0 Å². The van der Waals surface area contributed by atoms with Crippen molar-refractivity contribution in [2.45, 2.75) is 58.8 Å². The van der Waals surface area contributed by atoms with E-state index in [0.29, 0.717) is 5.56 Å². The average Bonchev–Trinajstić information content (AvgIpc) is 2.80. The molecule has 5 heteroatoms. The number of aromatic nitrogens is 2. The highest BCUT2D eigenvalue weighted by Crippen LogP contribution is 2.22. The van der Waals surface area contributed by atoms with Crippen LogP contribution in [0.4, 0.5) is 4.39 Å². The molecule has 0 amide bonds. The number of carbonyl (C=O) groups excluding carboxylic acids is 1. The lowest BCUT2D eigenvalue weighted by molar-refractivity contribution is 0.0728. The number of esters is 1. The van der Waals surface area contributed by atoms with E-state index < -0.39 is 11.8 Å². The van der Waals surface area contributed by atoms with Crippen LogP contribution in [0.3, 0.4) is 0 Å². The Bertz CT molecular complexity index is 985. The number of rotatable bonds is 10. The normalized spacial score (nSPS) is 10.8. The van der Waals surface area contributed by atoms with E-state index in [4.69, 9.17) is 4.74 Å². The maximum atomic E-state index is 14.3. The zero-order valence-corrected chi connectivity index (χ0v) is 18.2. The molecular weight excluding hydrogens is 391 g/mol. The third kappa shape index (κ3) is 6.45. The molecule has 0 bridgehead atoms. The van der Waals surface area contributed by atoms with Crippen LogP contribution in [0.2, 0.25) is 0 Å². The van der Waals surface area contributed by atoms with Crippen LogP contribution in [0, 0.1) is 5.82 Å². The van der Waals surface area contributed by atoms with Crippen molar-refractivity contribution in [2.75, 3.05) is 0 Å². The molecule has 0 unspecified atom stereocenters. The molecule has 0 N–H and O–H groups in total. The van der Waals surface area contributed by atoms with E-state index >= 15 is 0 Å². The van der Waals surface area contributed by atoms with Crippen LogP contribution in [0.15, 0.2) is 54.9 Å². The van der Waals surface area contributed by atoms with Crippen LogP contribution in [0.1, 0.15) is 67.6 Å². The first kappa shape index (κ1) is 22.6. The second kappa shape index (κ2) is 11.3. The second-order valence-electron chi connectivity index (χ2n) is 7.69. The van der Waals surface area contributed by atoms with Gasteiger partial charge in [-0.2, -0.15) is 0 Å². The molecule has 0 aliphatic heterocycles. The fourth-order valence-electron chi connectivity index (χ4n) is 3.29. The summed E-state index contributed by atoms with van der Waals surface area (Å²) < 4.78 is 19.5. The molecule has 0 atom stereocenters.